The van der Waals surface area contributed by atoms with E-state index in [4.69, 9.17) is 5.73 Å². The fourth-order valence-corrected chi connectivity index (χ4v) is 6.31. The summed E-state index contributed by atoms with van der Waals surface area (Å²) in [6, 6.07) is 48.7. The zero-order valence-corrected chi connectivity index (χ0v) is 23.6. The van der Waals surface area contributed by atoms with Crippen molar-refractivity contribution in [2.24, 2.45) is 5.73 Å². The van der Waals surface area contributed by atoms with Gasteiger partial charge in [-0.2, -0.15) is 0 Å². The van der Waals surface area contributed by atoms with E-state index in [0.717, 1.165) is 11.3 Å². The summed E-state index contributed by atoms with van der Waals surface area (Å²) in [6.07, 6.45) is 4.00. The van der Waals surface area contributed by atoms with Crippen LogP contribution in [0.25, 0.3) is 16.7 Å². The molecule has 4 N–H and O–H groups in total. The summed E-state index contributed by atoms with van der Waals surface area (Å²) in [6.45, 7) is 5.92. The molecule has 0 unspecified atom stereocenters. The van der Waals surface area contributed by atoms with Crippen LogP contribution < -0.4 is 27.4 Å². The average molecular weight is 529 g/mol. The quantitative estimate of drug-likeness (QED) is 0.136. The largest absolute Gasteiger partial charge is 0.399 e. The average Bonchev–Trinajstić information content (AvgIpc) is 3.01. The summed E-state index contributed by atoms with van der Waals surface area (Å²) in [5.74, 6) is 0. The number of anilines is 1. The molecular formula is C36H37N2P. The normalized spacial score (nSPS) is 10.3. The maximum Gasteiger partial charge on any atom is 0.0314 e. The third-order valence-corrected chi connectivity index (χ3v) is 8.35. The number of hydrogen-bond acceptors (Lipinski definition) is 2. The second kappa shape index (κ2) is 15.9. The maximum absolute atomic E-state index is 5.80. The van der Waals surface area contributed by atoms with Gasteiger partial charge in [0, 0.05) is 5.69 Å². The number of allylic oxidation sites excluding steroid dienone is 3. The first-order valence-electron chi connectivity index (χ1n) is 13.0. The SMILES string of the molecule is C=C(/C=C\C)c1ccccc1.CN.Nc1ccc(-c2ccc(P(c3ccccc3)c3ccccc3)cc2)cc1. The van der Waals surface area contributed by atoms with Crippen molar-refractivity contribution in [3.63, 3.8) is 0 Å². The molecule has 2 nitrogen and oxygen atoms in total. The summed E-state index contributed by atoms with van der Waals surface area (Å²) in [5, 5.41) is 4.10. The van der Waals surface area contributed by atoms with Gasteiger partial charge in [0.1, 0.15) is 0 Å². The van der Waals surface area contributed by atoms with Crippen LogP contribution in [0.1, 0.15) is 12.5 Å². The van der Waals surface area contributed by atoms with Crippen LogP contribution in [-0.4, -0.2) is 7.05 Å². The van der Waals surface area contributed by atoms with Gasteiger partial charge in [-0.25, -0.2) is 0 Å². The molecule has 5 aromatic carbocycles. The van der Waals surface area contributed by atoms with Crippen LogP contribution in [0.2, 0.25) is 0 Å². The first-order chi connectivity index (χ1) is 19.2. The molecule has 5 rings (SSSR count). The van der Waals surface area contributed by atoms with Crippen LogP contribution in [0.4, 0.5) is 5.69 Å². The van der Waals surface area contributed by atoms with Crippen LogP contribution >= 0.6 is 7.92 Å². The third kappa shape index (κ3) is 8.65. The van der Waals surface area contributed by atoms with E-state index >= 15 is 0 Å². The van der Waals surface area contributed by atoms with E-state index in [1.165, 1.54) is 39.7 Å². The van der Waals surface area contributed by atoms with Crippen LogP contribution in [0.15, 0.2) is 158 Å². The Morgan fingerprint density at radius 1 is 0.564 bits per heavy atom. The van der Waals surface area contributed by atoms with Gasteiger partial charge in [0.15, 0.2) is 0 Å². The second-order valence-corrected chi connectivity index (χ2v) is 10.8. The Morgan fingerprint density at radius 3 is 1.38 bits per heavy atom. The predicted octanol–water partition coefficient (Wildman–Crippen LogP) is 7.54. The zero-order valence-electron chi connectivity index (χ0n) is 22.7. The van der Waals surface area contributed by atoms with Gasteiger partial charge in [-0.05, 0) is 72.2 Å². The van der Waals surface area contributed by atoms with E-state index in [-0.39, 0.29) is 0 Å². The summed E-state index contributed by atoms with van der Waals surface area (Å²) in [7, 11) is 0.948. The van der Waals surface area contributed by atoms with Crippen molar-refractivity contribution >= 4 is 35.1 Å². The summed E-state index contributed by atoms with van der Waals surface area (Å²) in [5.41, 5.74) is 15.7. The van der Waals surface area contributed by atoms with Crippen molar-refractivity contribution in [2.45, 2.75) is 6.92 Å². The van der Waals surface area contributed by atoms with Crippen molar-refractivity contribution in [2.75, 3.05) is 12.8 Å². The first-order valence-corrected chi connectivity index (χ1v) is 14.3. The smallest absolute Gasteiger partial charge is 0.0314 e. The Kier molecular flexibility index (Phi) is 12.0. The van der Waals surface area contributed by atoms with Crippen molar-refractivity contribution in [1.82, 2.24) is 0 Å². The highest BCUT2D eigenvalue weighted by atomic mass is 31.1. The van der Waals surface area contributed by atoms with Gasteiger partial charge >= 0.3 is 0 Å². The van der Waals surface area contributed by atoms with Crippen molar-refractivity contribution in [3.05, 3.63) is 164 Å². The highest BCUT2D eigenvalue weighted by Crippen LogP contribution is 2.33. The Balaban J connectivity index is 0.000000272. The molecule has 0 amide bonds. The predicted molar refractivity (Wildman–Crippen MR) is 175 cm³/mol. The van der Waals surface area contributed by atoms with Gasteiger partial charge in [0.2, 0.25) is 0 Å². The molecule has 3 heteroatoms. The molecular weight excluding hydrogens is 491 g/mol. The number of benzene rings is 5. The van der Waals surface area contributed by atoms with E-state index < -0.39 is 7.92 Å². The molecule has 0 aliphatic heterocycles. The van der Waals surface area contributed by atoms with E-state index in [2.05, 4.69) is 122 Å². The van der Waals surface area contributed by atoms with Gasteiger partial charge in [-0.1, -0.05) is 146 Å². The van der Waals surface area contributed by atoms with E-state index in [0.29, 0.717) is 0 Å². The number of nitrogens with two attached hydrogens (primary N) is 2. The Bertz CT molecular complexity index is 1370. The molecule has 0 aromatic heterocycles. The molecule has 5 aromatic rings. The first kappa shape index (κ1) is 29.3. The molecule has 0 aliphatic rings. The Labute approximate surface area is 235 Å². The molecule has 0 radical (unpaired) electrons. The van der Waals surface area contributed by atoms with Gasteiger partial charge in [0.25, 0.3) is 0 Å². The lowest BCUT2D eigenvalue weighted by Gasteiger charge is -2.19. The topological polar surface area (TPSA) is 52.0 Å². The highest BCUT2D eigenvalue weighted by molar-refractivity contribution is 7.79. The number of rotatable bonds is 6. The molecule has 0 atom stereocenters. The third-order valence-electron chi connectivity index (χ3n) is 5.91. The summed E-state index contributed by atoms with van der Waals surface area (Å²) >= 11 is 0. The fourth-order valence-electron chi connectivity index (χ4n) is 4.03. The van der Waals surface area contributed by atoms with Crippen molar-refractivity contribution in [3.8, 4) is 11.1 Å². The van der Waals surface area contributed by atoms with Crippen LogP contribution in [0.5, 0.6) is 0 Å². The van der Waals surface area contributed by atoms with Crippen LogP contribution in [0, 0.1) is 0 Å². The lowest BCUT2D eigenvalue weighted by molar-refractivity contribution is 1.48. The van der Waals surface area contributed by atoms with Crippen molar-refractivity contribution < 1.29 is 0 Å². The molecule has 0 bridgehead atoms. The molecule has 0 heterocycles. The van der Waals surface area contributed by atoms with Gasteiger partial charge < -0.3 is 11.5 Å². The standard InChI is InChI=1S/C24H20NP.C11H12.CH5N/c25-21-15-11-19(12-16-21)20-13-17-24(18-14-20)26(22-7-3-1-4-8-22)23-9-5-2-6-10-23;1-3-7-10(2)11-8-5-4-6-9-11;1-2/h1-18H,25H2;3-9H,2H2,1H3;2H2,1H3/b;7-3-;. The Morgan fingerprint density at radius 2 is 0.949 bits per heavy atom. The van der Waals surface area contributed by atoms with Gasteiger partial charge in [-0.15, -0.1) is 0 Å². The second-order valence-electron chi connectivity index (χ2n) is 8.57. The lowest BCUT2D eigenvalue weighted by Crippen LogP contribution is -2.20. The monoisotopic (exact) mass is 528 g/mol. The zero-order chi connectivity index (χ0) is 27.9. The van der Waals surface area contributed by atoms with E-state index in [1.807, 2.05) is 49.4 Å². The van der Waals surface area contributed by atoms with Crippen molar-refractivity contribution in [1.29, 1.82) is 0 Å². The number of hydrogen-bond donors (Lipinski definition) is 2. The molecule has 0 aliphatic carbocycles. The molecule has 196 valence electrons. The minimum atomic E-state index is -0.552. The van der Waals surface area contributed by atoms with Gasteiger partial charge in [0.05, 0.1) is 0 Å². The van der Waals surface area contributed by atoms with E-state index in [9.17, 15) is 0 Å². The lowest BCUT2D eigenvalue weighted by atomic mass is 10.1. The fraction of sp³-hybridized carbons (Fsp3) is 0.0556. The molecule has 0 spiro atoms. The minimum Gasteiger partial charge on any atom is -0.399 e. The van der Waals surface area contributed by atoms with Gasteiger partial charge in [-0.3, -0.25) is 0 Å². The Hall–Kier alpha value is -4.23. The molecule has 0 saturated heterocycles. The summed E-state index contributed by atoms with van der Waals surface area (Å²) < 4.78 is 0. The maximum atomic E-state index is 5.80. The molecule has 0 saturated carbocycles. The minimum absolute atomic E-state index is 0.552. The summed E-state index contributed by atoms with van der Waals surface area (Å²) in [4.78, 5) is 0. The molecule has 39 heavy (non-hydrogen) atoms. The number of nitrogen functional groups attached to an aromatic ring is 1. The van der Waals surface area contributed by atoms with Crippen LogP contribution in [-0.2, 0) is 0 Å². The molecule has 0 fully saturated rings. The highest BCUT2D eigenvalue weighted by Gasteiger charge is 2.15. The van der Waals surface area contributed by atoms with Crippen LogP contribution in [0.3, 0.4) is 0 Å². The van der Waals surface area contributed by atoms with E-state index in [1.54, 1.807) is 0 Å².